The Labute approximate surface area is 195 Å². The minimum absolute atomic E-state index is 0.0950. The van der Waals surface area contributed by atoms with Gasteiger partial charge in [-0.15, -0.1) is 0 Å². The molecule has 34 heavy (non-hydrogen) atoms. The molecule has 0 atom stereocenters. The summed E-state index contributed by atoms with van der Waals surface area (Å²) in [5, 5.41) is 26.4. The number of aromatic nitrogens is 3. The van der Waals surface area contributed by atoms with Gasteiger partial charge in [0.2, 0.25) is 5.95 Å². The molecule has 0 bridgehead atoms. The lowest BCUT2D eigenvalue weighted by atomic mass is 9.97. The second kappa shape index (κ2) is 9.72. The van der Waals surface area contributed by atoms with Gasteiger partial charge in [-0.1, -0.05) is 25.0 Å². The van der Waals surface area contributed by atoms with E-state index in [0.717, 1.165) is 18.5 Å². The molecule has 1 saturated carbocycles. The molecule has 0 unspecified atom stereocenters. The number of nitriles is 1. The SMILES string of the molecule is N#Cc1cccc(-c2cc(/C(=C/NCc3cccc(C4(O)CCCC4)n3)N=N)nc(N)n2)c1F. The summed E-state index contributed by atoms with van der Waals surface area (Å²) in [5.74, 6) is -0.835. The van der Waals surface area contributed by atoms with Gasteiger partial charge in [0, 0.05) is 11.8 Å². The number of nitrogens with one attached hydrogen (secondary N) is 2. The highest BCUT2D eigenvalue weighted by molar-refractivity contribution is 5.69. The molecule has 1 aromatic carbocycles. The third kappa shape index (κ3) is 4.74. The molecule has 2 aromatic heterocycles. The van der Waals surface area contributed by atoms with Crippen molar-refractivity contribution in [3.63, 3.8) is 0 Å². The Balaban J connectivity index is 1.56. The Morgan fingerprint density at radius 1 is 1.24 bits per heavy atom. The van der Waals surface area contributed by atoms with E-state index in [4.69, 9.17) is 16.5 Å². The first-order valence-corrected chi connectivity index (χ1v) is 10.8. The third-order valence-electron chi connectivity index (χ3n) is 5.76. The zero-order chi connectivity index (χ0) is 24.1. The summed E-state index contributed by atoms with van der Waals surface area (Å²) in [4.78, 5) is 12.8. The van der Waals surface area contributed by atoms with Crippen molar-refractivity contribution in [3.8, 4) is 17.3 Å². The molecule has 4 rings (SSSR count). The molecule has 1 aliphatic carbocycles. The fraction of sp³-hybridized carbons (Fsp3) is 0.250. The summed E-state index contributed by atoms with van der Waals surface area (Å²) >= 11 is 0. The zero-order valence-electron chi connectivity index (χ0n) is 18.3. The predicted octanol–water partition coefficient (Wildman–Crippen LogP) is 4.01. The van der Waals surface area contributed by atoms with Gasteiger partial charge in [-0.2, -0.15) is 10.4 Å². The zero-order valence-corrected chi connectivity index (χ0v) is 18.3. The molecule has 0 spiro atoms. The topological polar surface area (TPSA) is 157 Å². The minimum Gasteiger partial charge on any atom is -0.384 e. The van der Waals surface area contributed by atoms with E-state index in [-0.39, 0.29) is 34.2 Å². The van der Waals surface area contributed by atoms with Crippen LogP contribution in [0.5, 0.6) is 0 Å². The summed E-state index contributed by atoms with van der Waals surface area (Å²) in [6, 6.07) is 13.2. The summed E-state index contributed by atoms with van der Waals surface area (Å²) in [5.41, 5.74) is 14.4. The van der Waals surface area contributed by atoms with E-state index in [9.17, 15) is 9.50 Å². The summed E-state index contributed by atoms with van der Waals surface area (Å²) < 4.78 is 14.6. The first kappa shape index (κ1) is 22.9. The van der Waals surface area contributed by atoms with Crippen LogP contribution >= 0.6 is 0 Å². The highest BCUT2D eigenvalue weighted by Gasteiger charge is 2.34. The Bertz CT molecular complexity index is 1290. The van der Waals surface area contributed by atoms with E-state index < -0.39 is 11.4 Å². The Kier molecular flexibility index (Phi) is 6.56. The minimum atomic E-state index is -0.874. The number of hydrogen-bond acceptors (Lipinski definition) is 9. The van der Waals surface area contributed by atoms with Crippen LogP contribution in [0.4, 0.5) is 10.3 Å². The van der Waals surface area contributed by atoms with E-state index >= 15 is 0 Å². The second-order valence-corrected chi connectivity index (χ2v) is 8.05. The third-order valence-corrected chi connectivity index (χ3v) is 5.76. The van der Waals surface area contributed by atoms with Crippen LogP contribution in [0.3, 0.4) is 0 Å². The van der Waals surface area contributed by atoms with Gasteiger partial charge in [-0.05, 0) is 43.2 Å². The number of pyridine rings is 1. The highest BCUT2D eigenvalue weighted by atomic mass is 19.1. The van der Waals surface area contributed by atoms with Crippen LogP contribution < -0.4 is 11.1 Å². The fourth-order valence-corrected chi connectivity index (χ4v) is 4.02. The first-order chi connectivity index (χ1) is 16.4. The Hall–Kier alpha value is -4.23. The number of rotatable bonds is 7. The Morgan fingerprint density at radius 2 is 2.00 bits per heavy atom. The van der Waals surface area contributed by atoms with Crippen LogP contribution in [-0.4, -0.2) is 20.1 Å². The summed E-state index contributed by atoms with van der Waals surface area (Å²) in [7, 11) is 0. The summed E-state index contributed by atoms with van der Waals surface area (Å²) in [6.45, 7) is 0.329. The van der Waals surface area contributed by atoms with Gasteiger partial charge in [0.05, 0.1) is 34.9 Å². The molecule has 2 heterocycles. The molecular weight excluding hydrogens is 435 g/mol. The number of hydrogen-bond donors (Lipinski definition) is 4. The van der Waals surface area contributed by atoms with Gasteiger partial charge in [0.15, 0.2) is 0 Å². The van der Waals surface area contributed by atoms with Gasteiger partial charge in [-0.3, -0.25) is 4.98 Å². The molecule has 3 aromatic rings. The maximum atomic E-state index is 14.6. The van der Waals surface area contributed by atoms with Crippen molar-refractivity contribution in [2.75, 3.05) is 5.73 Å². The van der Waals surface area contributed by atoms with E-state index in [1.807, 2.05) is 18.2 Å². The van der Waals surface area contributed by atoms with Crippen LogP contribution in [-0.2, 0) is 12.1 Å². The molecule has 1 fully saturated rings. The van der Waals surface area contributed by atoms with Crippen LogP contribution in [0.25, 0.3) is 17.0 Å². The molecule has 0 amide bonds. The number of nitrogens with two attached hydrogens (primary N) is 1. The van der Waals surface area contributed by atoms with E-state index in [0.29, 0.717) is 25.1 Å². The van der Waals surface area contributed by atoms with Gasteiger partial charge < -0.3 is 16.2 Å². The van der Waals surface area contributed by atoms with E-state index in [1.54, 1.807) is 12.1 Å². The van der Waals surface area contributed by atoms with Crippen molar-refractivity contribution in [2.24, 2.45) is 5.11 Å². The van der Waals surface area contributed by atoms with Crippen molar-refractivity contribution in [3.05, 3.63) is 77.1 Å². The maximum Gasteiger partial charge on any atom is 0.221 e. The molecule has 0 saturated heterocycles. The predicted molar refractivity (Wildman–Crippen MR) is 123 cm³/mol. The van der Waals surface area contributed by atoms with Crippen molar-refractivity contribution < 1.29 is 9.50 Å². The lowest BCUT2D eigenvalue weighted by molar-refractivity contribution is 0.0397. The second-order valence-electron chi connectivity index (χ2n) is 8.05. The van der Waals surface area contributed by atoms with E-state index in [2.05, 4.69) is 25.4 Å². The van der Waals surface area contributed by atoms with Crippen LogP contribution in [0.2, 0.25) is 0 Å². The number of halogens is 1. The average Bonchev–Trinajstić information content (AvgIpc) is 3.29. The van der Waals surface area contributed by atoms with Crippen LogP contribution in [0.1, 0.15) is 48.3 Å². The van der Waals surface area contributed by atoms with E-state index in [1.165, 1.54) is 24.4 Å². The lowest BCUT2D eigenvalue weighted by Crippen LogP contribution is -2.23. The largest absolute Gasteiger partial charge is 0.384 e. The smallest absolute Gasteiger partial charge is 0.221 e. The molecule has 5 N–H and O–H groups in total. The summed E-state index contributed by atoms with van der Waals surface area (Å²) in [6.07, 6.45) is 4.85. The van der Waals surface area contributed by atoms with Gasteiger partial charge in [0.1, 0.15) is 23.2 Å². The van der Waals surface area contributed by atoms with Crippen molar-refractivity contribution in [1.82, 2.24) is 20.3 Å². The van der Waals surface area contributed by atoms with Gasteiger partial charge in [-0.25, -0.2) is 19.9 Å². The standard InChI is InChI=1S/C24H23FN8O/c25-22-15(12-26)5-3-7-17(22)18-11-19(32-23(27)31-18)20(33-28)14-29-13-16-6-4-8-21(30-16)24(34)9-1-2-10-24/h3-8,11,14,28-29,34H,1-2,9-10,13H2,(H2,27,31,32)/b20-14-,33-28?. The van der Waals surface area contributed by atoms with Crippen molar-refractivity contribution in [1.29, 1.82) is 10.8 Å². The monoisotopic (exact) mass is 458 g/mol. The van der Waals surface area contributed by atoms with Crippen molar-refractivity contribution in [2.45, 2.75) is 37.8 Å². The number of benzene rings is 1. The fourth-order valence-electron chi connectivity index (χ4n) is 4.02. The quantitative estimate of drug-likeness (QED) is 0.389. The normalized spacial score (nSPS) is 15.0. The first-order valence-electron chi connectivity index (χ1n) is 10.8. The highest BCUT2D eigenvalue weighted by Crippen LogP contribution is 2.37. The lowest BCUT2D eigenvalue weighted by Gasteiger charge is -2.21. The van der Waals surface area contributed by atoms with Crippen LogP contribution in [0, 0.1) is 22.7 Å². The average molecular weight is 459 g/mol. The van der Waals surface area contributed by atoms with Gasteiger partial charge in [0.25, 0.3) is 0 Å². The number of anilines is 1. The molecule has 0 aliphatic heterocycles. The molecular formula is C24H23FN8O. The Morgan fingerprint density at radius 3 is 2.74 bits per heavy atom. The molecule has 9 nitrogen and oxygen atoms in total. The maximum absolute atomic E-state index is 14.6. The molecule has 10 heteroatoms. The molecule has 0 radical (unpaired) electrons. The number of nitrogen functional groups attached to an aromatic ring is 1. The van der Waals surface area contributed by atoms with Crippen LogP contribution in [0.15, 0.2) is 53.8 Å². The molecule has 172 valence electrons. The molecule has 1 aliphatic rings. The number of aliphatic hydroxyl groups is 1. The van der Waals surface area contributed by atoms with Gasteiger partial charge >= 0.3 is 0 Å². The van der Waals surface area contributed by atoms with Crippen molar-refractivity contribution >= 4 is 11.6 Å². The number of nitrogens with zero attached hydrogens (tertiary/aromatic N) is 5.